The van der Waals surface area contributed by atoms with Crippen molar-refractivity contribution in [1.29, 1.82) is 0 Å². The molecule has 2 aliphatic rings. The molecule has 3 heterocycles. The van der Waals surface area contributed by atoms with Gasteiger partial charge in [-0.3, -0.25) is 9.79 Å². The Morgan fingerprint density at radius 2 is 1.91 bits per heavy atom. The van der Waals surface area contributed by atoms with Crippen LogP contribution in [0.1, 0.15) is 34.1 Å². The van der Waals surface area contributed by atoms with Gasteiger partial charge in [0.05, 0.1) is 18.9 Å². The zero-order valence-electron chi connectivity index (χ0n) is 19.5. The minimum absolute atomic E-state index is 0.0370. The zero-order valence-corrected chi connectivity index (χ0v) is 21.1. The van der Waals surface area contributed by atoms with Crippen molar-refractivity contribution in [3.8, 4) is 0 Å². The molecule has 0 saturated heterocycles. The average molecular weight is 508 g/mol. The number of nitrogens with zero attached hydrogens (tertiary/aromatic N) is 3. The number of benzene rings is 2. The lowest BCUT2D eigenvalue weighted by molar-refractivity contribution is -0.117. The van der Waals surface area contributed by atoms with E-state index in [1.165, 1.54) is 5.56 Å². The van der Waals surface area contributed by atoms with Crippen molar-refractivity contribution in [1.82, 2.24) is 4.90 Å². The van der Waals surface area contributed by atoms with Gasteiger partial charge in [0.25, 0.3) is 0 Å². The van der Waals surface area contributed by atoms with Gasteiger partial charge in [0.15, 0.2) is 0 Å². The zero-order chi connectivity index (χ0) is 24.4. The molecule has 0 N–H and O–H groups in total. The van der Waals surface area contributed by atoms with E-state index in [4.69, 9.17) is 21.3 Å². The van der Waals surface area contributed by atoms with Crippen LogP contribution in [0, 0.1) is 0 Å². The maximum Gasteiger partial charge on any atom is 0.410 e. The molecule has 5 rings (SSSR count). The molecule has 2 aromatic carbocycles. The Hall–Kier alpha value is -3.16. The molecule has 0 radical (unpaired) electrons. The fourth-order valence-corrected chi connectivity index (χ4v) is 6.23. The molecular weight excluding hydrogens is 482 g/mol. The number of hydrogen-bond donors (Lipinski definition) is 0. The van der Waals surface area contributed by atoms with Crippen LogP contribution < -0.4 is 4.90 Å². The molecule has 2 aliphatic heterocycles. The number of hydrogen-bond acceptors (Lipinski definition) is 5. The lowest BCUT2D eigenvalue weighted by Crippen LogP contribution is -2.36. The van der Waals surface area contributed by atoms with Crippen LogP contribution in [0.2, 0.25) is 5.02 Å². The molecule has 8 heteroatoms. The molecule has 0 fully saturated rings. The lowest BCUT2D eigenvalue weighted by atomic mass is 9.95. The van der Waals surface area contributed by atoms with Crippen LogP contribution >= 0.6 is 22.9 Å². The summed E-state index contributed by atoms with van der Waals surface area (Å²) in [5.41, 5.74) is 4.86. The molecule has 0 atom stereocenters. The third kappa shape index (κ3) is 4.70. The molecule has 0 unspecified atom stereocenters. The van der Waals surface area contributed by atoms with E-state index in [1.807, 2.05) is 54.3 Å². The summed E-state index contributed by atoms with van der Waals surface area (Å²) in [7, 11) is 0. The van der Waals surface area contributed by atoms with E-state index in [1.54, 1.807) is 16.2 Å². The summed E-state index contributed by atoms with van der Waals surface area (Å²) in [5, 5.41) is 1.49. The first kappa shape index (κ1) is 23.6. The predicted octanol–water partition coefficient (Wildman–Crippen LogP) is 5.34. The minimum Gasteiger partial charge on any atom is -0.450 e. The van der Waals surface area contributed by atoms with E-state index in [0.717, 1.165) is 38.7 Å². The number of thiophene rings is 1. The summed E-state index contributed by atoms with van der Waals surface area (Å²) in [4.78, 5) is 35.2. The number of ether oxygens (including phenoxy) is 1. The van der Waals surface area contributed by atoms with Crippen LogP contribution in [-0.2, 0) is 28.9 Å². The van der Waals surface area contributed by atoms with Crippen molar-refractivity contribution in [3.63, 3.8) is 0 Å². The Morgan fingerprint density at radius 3 is 2.69 bits per heavy atom. The summed E-state index contributed by atoms with van der Waals surface area (Å²) < 4.78 is 5.24. The van der Waals surface area contributed by atoms with Crippen molar-refractivity contribution in [3.05, 3.63) is 86.8 Å². The quantitative estimate of drug-likeness (QED) is 0.468. The van der Waals surface area contributed by atoms with Crippen LogP contribution in [0.15, 0.2) is 59.6 Å². The van der Waals surface area contributed by atoms with Crippen LogP contribution in [0.4, 0.5) is 9.80 Å². The normalized spacial score (nSPS) is 15.3. The van der Waals surface area contributed by atoms with Crippen molar-refractivity contribution < 1.29 is 14.3 Å². The fourth-order valence-electron chi connectivity index (χ4n) is 4.60. The number of amides is 2. The smallest absolute Gasteiger partial charge is 0.410 e. The van der Waals surface area contributed by atoms with Crippen molar-refractivity contribution >= 4 is 45.7 Å². The van der Waals surface area contributed by atoms with Gasteiger partial charge >= 0.3 is 6.09 Å². The van der Waals surface area contributed by atoms with Gasteiger partial charge in [-0.15, -0.1) is 11.3 Å². The van der Waals surface area contributed by atoms with Gasteiger partial charge in [-0.2, -0.15) is 0 Å². The Bertz CT molecular complexity index is 1290. The third-order valence-electron chi connectivity index (χ3n) is 6.32. The number of fused-ring (bicyclic) bond motifs is 3. The van der Waals surface area contributed by atoms with E-state index in [9.17, 15) is 9.59 Å². The van der Waals surface area contributed by atoms with Gasteiger partial charge in [0.2, 0.25) is 5.91 Å². The summed E-state index contributed by atoms with van der Waals surface area (Å²) in [6, 6.07) is 17.8. The number of rotatable bonds is 5. The second kappa shape index (κ2) is 10.2. The minimum atomic E-state index is -0.307. The van der Waals surface area contributed by atoms with Crippen LogP contribution in [0.3, 0.4) is 0 Å². The van der Waals surface area contributed by atoms with Gasteiger partial charge in [0, 0.05) is 34.1 Å². The molecule has 6 nitrogen and oxygen atoms in total. The fraction of sp³-hybridized carbons (Fsp3) is 0.296. The Kier molecular flexibility index (Phi) is 6.88. The number of halogens is 1. The average Bonchev–Trinajstić information content (AvgIpc) is 3.18. The highest BCUT2D eigenvalue weighted by atomic mass is 35.5. The monoisotopic (exact) mass is 507 g/mol. The molecule has 0 spiro atoms. The standard InChI is InChI=1S/C27H26ClN3O3S/c1-2-34-27(33)30-14-13-20-22(17-30)35-26-24(20)25(19-10-6-7-11-21(19)28)29-16-23(32)31(26)15-12-18-8-4-3-5-9-18/h3-11H,2,12-17H2,1H3. The van der Waals surface area contributed by atoms with E-state index in [2.05, 4.69) is 12.1 Å². The molecule has 3 aromatic rings. The van der Waals surface area contributed by atoms with Crippen molar-refractivity contribution in [2.24, 2.45) is 4.99 Å². The summed E-state index contributed by atoms with van der Waals surface area (Å²) in [6.07, 6.45) is 1.11. The lowest BCUT2D eigenvalue weighted by Gasteiger charge is -2.26. The first-order valence-electron chi connectivity index (χ1n) is 11.8. The third-order valence-corrected chi connectivity index (χ3v) is 7.88. The van der Waals surface area contributed by atoms with Gasteiger partial charge in [0.1, 0.15) is 11.5 Å². The summed E-state index contributed by atoms with van der Waals surface area (Å²) in [6.45, 7) is 3.80. The maximum absolute atomic E-state index is 13.3. The predicted molar refractivity (Wildman–Crippen MR) is 140 cm³/mol. The Labute approximate surface area is 213 Å². The van der Waals surface area contributed by atoms with Crippen LogP contribution in [0.5, 0.6) is 0 Å². The Morgan fingerprint density at radius 1 is 1.14 bits per heavy atom. The molecule has 0 saturated carbocycles. The molecule has 0 aliphatic carbocycles. The van der Waals surface area contributed by atoms with E-state index in [-0.39, 0.29) is 18.5 Å². The topological polar surface area (TPSA) is 62.2 Å². The first-order valence-corrected chi connectivity index (χ1v) is 13.0. The van der Waals surface area contributed by atoms with Crippen molar-refractivity contribution in [2.45, 2.75) is 26.3 Å². The highest BCUT2D eigenvalue weighted by molar-refractivity contribution is 7.17. The SMILES string of the molecule is CCOC(=O)N1CCc2c(sc3c2C(c2ccccc2Cl)=NCC(=O)N3CCc2ccccc2)C1. The van der Waals surface area contributed by atoms with Crippen molar-refractivity contribution in [2.75, 3.05) is 31.1 Å². The second-order valence-corrected chi connectivity index (χ2v) is 9.97. The van der Waals surface area contributed by atoms with Gasteiger partial charge in [-0.1, -0.05) is 60.1 Å². The molecule has 180 valence electrons. The van der Waals surface area contributed by atoms with Crippen LogP contribution in [0.25, 0.3) is 0 Å². The first-order chi connectivity index (χ1) is 17.1. The molecular formula is C27H26ClN3O3S. The molecule has 0 bridgehead atoms. The summed E-state index contributed by atoms with van der Waals surface area (Å²) in [5.74, 6) is -0.0370. The highest BCUT2D eigenvalue weighted by Gasteiger charge is 2.35. The van der Waals surface area contributed by atoms with E-state index >= 15 is 0 Å². The van der Waals surface area contributed by atoms with Gasteiger partial charge in [-0.25, -0.2) is 4.79 Å². The van der Waals surface area contributed by atoms with Gasteiger partial charge in [-0.05, 0) is 37.0 Å². The van der Waals surface area contributed by atoms with Gasteiger partial charge < -0.3 is 14.5 Å². The summed E-state index contributed by atoms with van der Waals surface area (Å²) >= 11 is 8.17. The highest BCUT2D eigenvalue weighted by Crippen LogP contribution is 2.42. The van der Waals surface area contributed by atoms with E-state index < -0.39 is 0 Å². The van der Waals surface area contributed by atoms with Crippen LogP contribution in [-0.4, -0.2) is 48.9 Å². The molecule has 2 amide bonds. The largest absolute Gasteiger partial charge is 0.450 e. The van der Waals surface area contributed by atoms with E-state index in [0.29, 0.717) is 37.7 Å². The number of anilines is 1. The number of aliphatic imine (C=N–C) groups is 1. The second-order valence-electron chi connectivity index (χ2n) is 8.48. The molecule has 35 heavy (non-hydrogen) atoms. The molecule has 1 aromatic heterocycles. The maximum atomic E-state index is 13.3. The Balaban J connectivity index is 1.57. The number of carbonyl (C=O) groups is 2. The number of carbonyl (C=O) groups excluding carboxylic acids is 2.